The summed E-state index contributed by atoms with van der Waals surface area (Å²) >= 11 is 5.87. The van der Waals surface area contributed by atoms with Crippen LogP contribution in [0.4, 0.5) is 4.39 Å². The number of fused-ring (bicyclic) bond motifs is 2. The van der Waals surface area contributed by atoms with Crippen molar-refractivity contribution in [1.29, 1.82) is 0 Å². The van der Waals surface area contributed by atoms with E-state index in [0.717, 1.165) is 17.5 Å². The molecule has 0 bridgehead atoms. The van der Waals surface area contributed by atoms with Gasteiger partial charge in [0.2, 0.25) is 11.8 Å². The molecule has 6 rings (SSSR count). The van der Waals surface area contributed by atoms with Crippen molar-refractivity contribution in [3.05, 3.63) is 76.7 Å². The summed E-state index contributed by atoms with van der Waals surface area (Å²) in [5.41, 5.74) is 2.66. The van der Waals surface area contributed by atoms with Crippen molar-refractivity contribution >= 4 is 40.1 Å². The van der Waals surface area contributed by atoms with Crippen LogP contribution in [0.3, 0.4) is 0 Å². The van der Waals surface area contributed by atoms with E-state index in [1.807, 2.05) is 18.2 Å². The fourth-order valence-electron chi connectivity index (χ4n) is 5.84. The number of aromatic nitrogens is 4. The largest absolute Gasteiger partial charge is 0.350 e. The zero-order chi connectivity index (χ0) is 29.1. The lowest BCUT2D eigenvalue weighted by molar-refractivity contribution is -0.140. The number of amides is 2. The first-order valence-corrected chi connectivity index (χ1v) is 13.8. The standard InChI is InChI=1S/C30H28ClFN6O3/c1-16(39)28-21-9-18(20-13-33-17(2)34-14-20)7-8-23(21)37(36-28)15-26(40)38-24(10-30(3)11-25(30)38)29(41)35-12-19-5-4-6-22(31)27(19)32/h4-9,13-14,24-25H,10-12,15H2,1-3H3,(H,35,41)/t24-,25+,30?/m0/s1. The van der Waals surface area contributed by atoms with Crippen molar-refractivity contribution in [2.24, 2.45) is 5.41 Å². The number of carbonyl (C=O) groups excluding carboxylic acids is 3. The van der Waals surface area contributed by atoms with Crippen LogP contribution in [0.15, 0.2) is 48.8 Å². The highest BCUT2D eigenvalue weighted by molar-refractivity contribution is 6.30. The average molecular weight is 575 g/mol. The third-order valence-corrected chi connectivity index (χ3v) is 8.49. The van der Waals surface area contributed by atoms with Gasteiger partial charge in [-0.3, -0.25) is 19.1 Å². The zero-order valence-electron chi connectivity index (χ0n) is 22.8. The van der Waals surface area contributed by atoms with Crippen molar-refractivity contribution in [1.82, 2.24) is 30.0 Å². The molecule has 2 aromatic carbocycles. The number of carbonyl (C=O) groups is 3. The molecule has 210 valence electrons. The number of nitrogens with one attached hydrogen (secondary N) is 1. The van der Waals surface area contributed by atoms with Crippen molar-refractivity contribution in [3.8, 4) is 11.1 Å². The van der Waals surface area contributed by atoms with Crippen molar-refractivity contribution in [2.45, 2.75) is 58.8 Å². The molecule has 1 aliphatic heterocycles. The van der Waals surface area contributed by atoms with Crippen molar-refractivity contribution in [2.75, 3.05) is 0 Å². The molecule has 0 spiro atoms. The normalized spacial score (nSPS) is 21.1. The minimum Gasteiger partial charge on any atom is -0.350 e. The second kappa shape index (κ2) is 10.0. The average Bonchev–Trinajstić information content (AvgIpc) is 3.31. The molecule has 2 aromatic heterocycles. The molecule has 4 aromatic rings. The Hall–Kier alpha value is -4.18. The molecule has 2 aliphatic rings. The van der Waals surface area contributed by atoms with E-state index >= 15 is 0 Å². The second-order valence-corrected chi connectivity index (χ2v) is 11.5. The molecule has 1 unspecified atom stereocenters. The number of ketones is 1. The Morgan fingerprint density at radius 2 is 1.88 bits per heavy atom. The number of likely N-dealkylation sites (tertiary alicyclic amines) is 1. The number of rotatable bonds is 7. The van der Waals surface area contributed by atoms with Gasteiger partial charge in [0, 0.05) is 48.4 Å². The van der Waals surface area contributed by atoms with Crippen LogP contribution in [0.25, 0.3) is 22.0 Å². The Bertz CT molecular complexity index is 1720. The van der Waals surface area contributed by atoms with Crippen molar-refractivity contribution < 1.29 is 18.8 Å². The van der Waals surface area contributed by atoms with E-state index in [1.165, 1.54) is 17.7 Å². The van der Waals surface area contributed by atoms with Gasteiger partial charge in [-0.15, -0.1) is 0 Å². The smallest absolute Gasteiger partial charge is 0.245 e. The van der Waals surface area contributed by atoms with Gasteiger partial charge in [-0.1, -0.05) is 36.7 Å². The molecule has 1 saturated heterocycles. The monoisotopic (exact) mass is 574 g/mol. The van der Waals surface area contributed by atoms with Crippen molar-refractivity contribution in [3.63, 3.8) is 0 Å². The molecule has 1 saturated carbocycles. The number of hydrogen-bond donors (Lipinski definition) is 1. The van der Waals surface area contributed by atoms with E-state index in [4.69, 9.17) is 11.6 Å². The molecule has 0 radical (unpaired) electrons. The zero-order valence-corrected chi connectivity index (χ0v) is 23.6. The Balaban J connectivity index is 1.25. The molecule has 11 heteroatoms. The Morgan fingerprint density at radius 1 is 1.12 bits per heavy atom. The maximum absolute atomic E-state index is 14.3. The third kappa shape index (κ3) is 4.86. The lowest BCUT2D eigenvalue weighted by Gasteiger charge is -2.27. The van der Waals surface area contributed by atoms with Gasteiger partial charge in [0.1, 0.15) is 29.9 Å². The molecule has 3 heterocycles. The van der Waals surface area contributed by atoms with Gasteiger partial charge in [-0.05, 0) is 48.9 Å². The van der Waals surface area contributed by atoms with Crippen LogP contribution in [0.1, 0.15) is 48.6 Å². The number of halogens is 2. The lowest BCUT2D eigenvalue weighted by Crippen LogP contribution is -2.48. The molecule has 1 aliphatic carbocycles. The fourth-order valence-corrected chi connectivity index (χ4v) is 6.03. The maximum Gasteiger partial charge on any atom is 0.245 e. The summed E-state index contributed by atoms with van der Waals surface area (Å²) in [4.78, 5) is 49.6. The van der Waals surface area contributed by atoms with E-state index < -0.39 is 11.9 Å². The highest BCUT2D eigenvalue weighted by Gasteiger charge is 2.64. The van der Waals surface area contributed by atoms with E-state index in [9.17, 15) is 18.8 Å². The fraction of sp³-hybridized carbons (Fsp3) is 0.333. The topological polar surface area (TPSA) is 110 Å². The molecule has 9 nitrogen and oxygen atoms in total. The van der Waals surface area contributed by atoms with Gasteiger partial charge >= 0.3 is 0 Å². The molecule has 41 heavy (non-hydrogen) atoms. The number of nitrogens with zero attached hydrogens (tertiary/aromatic N) is 5. The molecular formula is C30H28ClFN6O3. The van der Waals surface area contributed by atoms with Gasteiger partial charge in [-0.25, -0.2) is 14.4 Å². The van der Waals surface area contributed by atoms with E-state index in [2.05, 4.69) is 27.3 Å². The minimum absolute atomic E-state index is 0.0149. The molecule has 3 atom stereocenters. The van der Waals surface area contributed by atoms with Crippen LogP contribution in [-0.4, -0.2) is 54.3 Å². The predicted octanol–water partition coefficient (Wildman–Crippen LogP) is 4.49. The summed E-state index contributed by atoms with van der Waals surface area (Å²) in [5, 5.41) is 7.89. The highest BCUT2D eigenvalue weighted by Crippen LogP contribution is 2.59. The molecule has 1 N–H and O–H groups in total. The Morgan fingerprint density at radius 3 is 2.61 bits per heavy atom. The Labute approximate surface area is 240 Å². The van der Waals surface area contributed by atoms with Crippen LogP contribution in [0.5, 0.6) is 0 Å². The first-order valence-electron chi connectivity index (χ1n) is 13.4. The summed E-state index contributed by atoms with van der Waals surface area (Å²) < 4.78 is 15.9. The van der Waals surface area contributed by atoms with Gasteiger partial charge in [0.25, 0.3) is 0 Å². The number of benzene rings is 2. The summed E-state index contributed by atoms with van der Waals surface area (Å²) in [6, 6.07) is 9.44. The van der Waals surface area contributed by atoms with Crippen LogP contribution in [-0.2, 0) is 22.7 Å². The maximum atomic E-state index is 14.3. The molecular weight excluding hydrogens is 547 g/mol. The highest BCUT2D eigenvalue weighted by atomic mass is 35.5. The van der Waals surface area contributed by atoms with Crippen LogP contribution in [0.2, 0.25) is 5.02 Å². The van der Waals surface area contributed by atoms with Gasteiger partial charge < -0.3 is 10.2 Å². The second-order valence-electron chi connectivity index (χ2n) is 11.1. The summed E-state index contributed by atoms with van der Waals surface area (Å²) in [6.45, 7) is 5.14. The Kier molecular flexibility index (Phi) is 6.60. The van der Waals surface area contributed by atoms with Gasteiger partial charge in [-0.2, -0.15) is 5.10 Å². The summed E-state index contributed by atoms with van der Waals surface area (Å²) in [5.74, 6) is -0.747. The molecule has 2 amide bonds. The first kappa shape index (κ1) is 27.0. The lowest BCUT2D eigenvalue weighted by atomic mass is 10.0. The van der Waals surface area contributed by atoms with E-state index in [0.29, 0.717) is 23.1 Å². The number of hydrogen-bond acceptors (Lipinski definition) is 6. The van der Waals surface area contributed by atoms with E-state index in [1.54, 1.807) is 36.4 Å². The van der Waals surface area contributed by atoms with Crippen LogP contribution < -0.4 is 5.32 Å². The minimum atomic E-state index is -0.685. The number of piperidine rings is 1. The van der Waals surface area contributed by atoms with Crippen LogP contribution in [0, 0.1) is 18.2 Å². The molecule has 2 fully saturated rings. The van der Waals surface area contributed by atoms with Gasteiger partial charge in [0.05, 0.1) is 10.5 Å². The third-order valence-electron chi connectivity index (χ3n) is 8.19. The van der Waals surface area contributed by atoms with Crippen LogP contribution >= 0.6 is 11.6 Å². The number of Topliss-reactive ketones (excluding diaryl/α,β-unsaturated/α-hetero) is 1. The van der Waals surface area contributed by atoms with Gasteiger partial charge in [0.15, 0.2) is 5.78 Å². The quantitative estimate of drug-likeness (QED) is 0.326. The summed E-state index contributed by atoms with van der Waals surface area (Å²) in [7, 11) is 0. The first-order chi connectivity index (χ1) is 19.6. The summed E-state index contributed by atoms with van der Waals surface area (Å²) in [6.07, 6.45) is 4.77. The van der Waals surface area contributed by atoms with E-state index in [-0.39, 0.29) is 58.4 Å². The predicted molar refractivity (Wildman–Crippen MR) is 151 cm³/mol. The number of aryl methyl sites for hydroxylation is 1. The SMILES string of the molecule is CC(=O)c1nn(CC(=O)N2[C@H](C(=O)NCc3cccc(Cl)c3F)CC3(C)C[C@@H]23)c2ccc(-c3cnc(C)nc3)cc12.